The number of fused-ring (bicyclic) bond motifs is 1. The summed E-state index contributed by atoms with van der Waals surface area (Å²) in [6.07, 6.45) is 3.88. The van der Waals surface area contributed by atoms with E-state index >= 15 is 0 Å². The van der Waals surface area contributed by atoms with E-state index in [4.69, 9.17) is 4.74 Å². The van der Waals surface area contributed by atoms with E-state index in [2.05, 4.69) is 4.98 Å². The number of hydrogen-bond donors (Lipinski definition) is 0. The summed E-state index contributed by atoms with van der Waals surface area (Å²) in [5.74, 6) is -0.345. The Morgan fingerprint density at radius 3 is 2.83 bits per heavy atom. The van der Waals surface area contributed by atoms with E-state index in [9.17, 15) is 4.79 Å². The van der Waals surface area contributed by atoms with Gasteiger partial charge in [-0.25, -0.2) is 9.78 Å². The Morgan fingerprint density at radius 1 is 1.22 bits per heavy atom. The summed E-state index contributed by atoms with van der Waals surface area (Å²) in [7, 11) is 3.87. The van der Waals surface area contributed by atoms with Crippen molar-refractivity contribution in [3.05, 3.63) is 65.6 Å². The van der Waals surface area contributed by atoms with Crippen LogP contribution in [0.15, 0.2) is 48.8 Å². The first-order valence-corrected chi connectivity index (χ1v) is 7.42. The molecule has 23 heavy (non-hydrogen) atoms. The molecule has 0 saturated heterocycles. The van der Waals surface area contributed by atoms with Crippen molar-refractivity contribution in [1.29, 1.82) is 0 Å². The lowest BCUT2D eigenvalue weighted by molar-refractivity contribution is 0.0468. The minimum absolute atomic E-state index is 0.158. The van der Waals surface area contributed by atoms with E-state index in [1.165, 1.54) is 0 Å². The molecule has 5 nitrogen and oxygen atoms in total. The second kappa shape index (κ2) is 6.12. The SMILES string of the molecule is Cc1ccc2nc(COC(=O)c3cccc(N(C)C)c3)cn2c1. The van der Waals surface area contributed by atoms with Crippen molar-refractivity contribution in [2.24, 2.45) is 0 Å². The standard InChI is InChI=1S/C18H19N3O2/c1-13-7-8-17-19-15(11-21(17)10-13)12-23-18(22)14-5-4-6-16(9-14)20(2)3/h4-11H,12H2,1-3H3. The Labute approximate surface area is 135 Å². The molecule has 5 heteroatoms. The molecule has 0 radical (unpaired) electrons. The lowest BCUT2D eigenvalue weighted by Gasteiger charge is -2.13. The number of carbonyl (C=O) groups excluding carboxylic acids is 1. The molecule has 2 aromatic heterocycles. The molecule has 0 spiro atoms. The fourth-order valence-corrected chi connectivity index (χ4v) is 2.36. The number of pyridine rings is 1. The molecule has 3 rings (SSSR count). The molecule has 118 valence electrons. The smallest absolute Gasteiger partial charge is 0.338 e. The van der Waals surface area contributed by atoms with Gasteiger partial charge in [-0.3, -0.25) is 0 Å². The number of esters is 1. The quantitative estimate of drug-likeness (QED) is 0.695. The Kier molecular flexibility index (Phi) is 4.02. The Hall–Kier alpha value is -2.82. The zero-order chi connectivity index (χ0) is 16.4. The number of hydrogen-bond acceptors (Lipinski definition) is 4. The zero-order valence-electron chi connectivity index (χ0n) is 13.5. The summed E-state index contributed by atoms with van der Waals surface area (Å²) < 4.78 is 7.31. The van der Waals surface area contributed by atoms with Gasteiger partial charge in [-0.05, 0) is 36.8 Å². The average Bonchev–Trinajstić information content (AvgIpc) is 2.94. The van der Waals surface area contributed by atoms with E-state index in [-0.39, 0.29) is 12.6 Å². The molecule has 0 aliphatic carbocycles. The number of aryl methyl sites for hydroxylation is 1. The monoisotopic (exact) mass is 309 g/mol. The van der Waals surface area contributed by atoms with Crippen molar-refractivity contribution in [2.75, 3.05) is 19.0 Å². The highest BCUT2D eigenvalue weighted by Gasteiger charge is 2.10. The van der Waals surface area contributed by atoms with Gasteiger partial charge in [0.05, 0.1) is 11.3 Å². The van der Waals surface area contributed by atoms with Crippen LogP contribution in [-0.2, 0) is 11.3 Å². The molecule has 0 aliphatic heterocycles. The Bertz CT molecular complexity index is 852. The maximum atomic E-state index is 12.2. The molecule has 0 aliphatic rings. The molecular formula is C18H19N3O2. The van der Waals surface area contributed by atoms with Gasteiger partial charge in [0.2, 0.25) is 0 Å². The number of nitrogens with zero attached hydrogens (tertiary/aromatic N) is 3. The molecule has 0 saturated carbocycles. The van der Waals surface area contributed by atoms with Crippen LogP contribution in [0.3, 0.4) is 0 Å². The number of ether oxygens (including phenoxy) is 1. The number of carbonyl (C=O) groups is 1. The molecule has 1 aromatic carbocycles. The van der Waals surface area contributed by atoms with Gasteiger partial charge in [-0.15, -0.1) is 0 Å². The second-order valence-electron chi connectivity index (χ2n) is 5.73. The largest absolute Gasteiger partial charge is 0.456 e. The maximum absolute atomic E-state index is 12.2. The van der Waals surface area contributed by atoms with Crippen LogP contribution >= 0.6 is 0 Å². The topological polar surface area (TPSA) is 46.8 Å². The number of anilines is 1. The van der Waals surface area contributed by atoms with E-state index < -0.39 is 0 Å². The van der Waals surface area contributed by atoms with Gasteiger partial charge in [0.25, 0.3) is 0 Å². The Balaban J connectivity index is 1.71. The lowest BCUT2D eigenvalue weighted by atomic mass is 10.2. The molecule has 0 atom stereocenters. The normalized spacial score (nSPS) is 10.7. The van der Waals surface area contributed by atoms with Gasteiger partial charge in [-0.1, -0.05) is 12.1 Å². The lowest BCUT2D eigenvalue weighted by Crippen LogP contribution is -2.11. The molecule has 0 fully saturated rings. The summed E-state index contributed by atoms with van der Waals surface area (Å²) in [4.78, 5) is 18.6. The van der Waals surface area contributed by atoms with Gasteiger partial charge in [0.1, 0.15) is 12.3 Å². The third-order valence-electron chi connectivity index (χ3n) is 3.60. The van der Waals surface area contributed by atoms with Gasteiger partial charge < -0.3 is 14.0 Å². The maximum Gasteiger partial charge on any atom is 0.338 e. The summed E-state index contributed by atoms with van der Waals surface area (Å²) in [5.41, 5.74) is 4.22. The van der Waals surface area contributed by atoms with Crippen LogP contribution in [0, 0.1) is 6.92 Å². The summed E-state index contributed by atoms with van der Waals surface area (Å²) >= 11 is 0. The van der Waals surface area contributed by atoms with Gasteiger partial charge in [0, 0.05) is 32.2 Å². The van der Waals surface area contributed by atoms with Gasteiger partial charge in [0.15, 0.2) is 0 Å². The van der Waals surface area contributed by atoms with Crippen LogP contribution in [0.5, 0.6) is 0 Å². The van der Waals surface area contributed by atoms with Crippen LogP contribution in [0.25, 0.3) is 5.65 Å². The van der Waals surface area contributed by atoms with Crippen molar-refractivity contribution in [2.45, 2.75) is 13.5 Å². The molecule has 0 unspecified atom stereocenters. The minimum atomic E-state index is -0.345. The van der Waals surface area contributed by atoms with Crippen LogP contribution in [0.4, 0.5) is 5.69 Å². The van der Waals surface area contributed by atoms with Crippen molar-refractivity contribution in [1.82, 2.24) is 9.38 Å². The van der Waals surface area contributed by atoms with Crippen LogP contribution in [0.2, 0.25) is 0 Å². The molecular weight excluding hydrogens is 290 g/mol. The zero-order valence-corrected chi connectivity index (χ0v) is 13.5. The van der Waals surface area contributed by atoms with Crippen molar-refractivity contribution in [3.8, 4) is 0 Å². The molecule has 0 bridgehead atoms. The van der Waals surface area contributed by atoms with Gasteiger partial charge >= 0.3 is 5.97 Å². The molecule has 2 heterocycles. The third kappa shape index (κ3) is 3.34. The second-order valence-corrected chi connectivity index (χ2v) is 5.73. The number of benzene rings is 1. The van der Waals surface area contributed by atoms with E-state index in [0.717, 1.165) is 22.6 Å². The first kappa shape index (κ1) is 15.1. The highest BCUT2D eigenvalue weighted by molar-refractivity contribution is 5.90. The first-order chi connectivity index (χ1) is 11.0. The van der Waals surface area contributed by atoms with Gasteiger partial charge in [-0.2, -0.15) is 0 Å². The van der Waals surface area contributed by atoms with Crippen molar-refractivity contribution >= 4 is 17.3 Å². The van der Waals surface area contributed by atoms with Crippen molar-refractivity contribution < 1.29 is 9.53 Å². The number of aromatic nitrogens is 2. The van der Waals surface area contributed by atoms with Crippen LogP contribution in [-0.4, -0.2) is 29.4 Å². The van der Waals surface area contributed by atoms with E-state index in [0.29, 0.717) is 5.56 Å². The van der Waals surface area contributed by atoms with Crippen LogP contribution in [0.1, 0.15) is 21.6 Å². The fraction of sp³-hybridized carbons (Fsp3) is 0.222. The summed E-state index contributed by atoms with van der Waals surface area (Å²) in [5, 5.41) is 0. The fourth-order valence-electron chi connectivity index (χ4n) is 2.36. The highest BCUT2D eigenvalue weighted by atomic mass is 16.5. The number of rotatable bonds is 4. The van der Waals surface area contributed by atoms with E-state index in [1.807, 2.05) is 73.0 Å². The van der Waals surface area contributed by atoms with Crippen molar-refractivity contribution in [3.63, 3.8) is 0 Å². The minimum Gasteiger partial charge on any atom is -0.456 e. The predicted octanol–water partition coefficient (Wildman–Crippen LogP) is 3.07. The first-order valence-electron chi connectivity index (χ1n) is 7.42. The third-order valence-corrected chi connectivity index (χ3v) is 3.60. The van der Waals surface area contributed by atoms with E-state index in [1.54, 1.807) is 6.07 Å². The summed E-state index contributed by atoms with van der Waals surface area (Å²) in [6.45, 7) is 2.18. The van der Waals surface area contributed by atoms with Crippen LogP contribution < -0.4 is 4.90 Å². The molecule has 0 amide bonds. The average molecular weight is 309 g/mol. The molecule has 3 aromatic rings. The Morgan fingerprint density at radius 2 is 2.04 bits per heavy atom. The predicted molar refractivity (Wildman–Crippen MR) is 89.8 cm³/mol. The molecule has 0 N–H and O–H groups in total. The summed E-state index contributed by atoms with van der Waals surface area (Å²) in [6, 6.07) is 11.3. The highest BCUT2D eigenvalue weighted by Crippen LogP contribution is 2.15. The number of imidazole rings is 1.